The SMILES string of the molecule is [2H]CC(=O)OC[C@H]1OC(OCC(COC2O[C@H](COC(=O)C[2H])[C@@H](OC(=O)C[2H])[C@H](OC(=O)C[2H])[C@@H]2OC(=O)C[2H])(COC2O[C@H](COC(=O)C[2H])[C@@H](OC(=O)C[2H])[C@H](OC(=O)C[2H])[C@@H]2OC(=O)C[2H])NC(=S)NCCN)[C@@H](OC(=O)C[2H])[C@@H](OC(=O)C[2H])[C@@H]1OC(=O)C[2H]. The van der Waals surface area contributed by atoms with Crippen molar-refractivity contribution in [2.24, 2.45) is 5.73 Å². The quantitative estimate of drug-likeness (QED) is 0.0433. The molecule has 0 bridgehead atoms. The van der Waals surface area contributed by atoms with Crippen molar-refractivity contribution in [3.8, 4) is 0 Å². The summed E-state index contributed by atoms with van der Waals surface area (Å²) in [5.74, 6) is -16.5. The fourth-order valence-electron chi connectivity index (χ4n) is 7.97. The van der Waals surface area contributed by atoms with Crippen LogP contribution in [-0.2, 0) is 143 Å². The van der Waals surface area contributed by atoms with Crippen LogP contribution in [0.15, 0.2) is 0 Å². The zero-order valence-corrected chi connectivity index (χ0v) is 44.9. The van der Waals surface area contributed by atoms with Crippen LogP contribution in [0.1, 0.15) is 99.2 Å². The van der Waals surface area contributed by atoms with Crippen molar-refractivity contribution in [1.29, 1.82) is 0 Å². The van der Waals surface area contributed by atoms with E-state index in [2.05, 4.69) is 10.6 Å². The van der Waals surface area contributed by atoms with Crippen molar-refractivity contribution in [3.05, 3.63) is 0 Å². The molecule has 3 aliphatic rings. The molecule has 33 nitrogen and oxygen atoms in total. The van der Waals surface area contributed by atoms with Gasteiger partial charge in [0.2, 0.25) is 0 Å². The number of nitrogens with two attached hydrogens (primary N) is 1. The summed E-state index contributed by atoms with van der Waals surface area (Å²) in [5, 5.41) is 4.98. The molecular formula is C49H71N3O30S. The third kappa shape index (κ3) is 23.3. The summed E-state index contributed by atoms with van der Waals surface area (Å²) in [6.07, 6.45) is -32.6. The van der Waals surface area contributed by atoms with Crippen LogP contribution in [0.25, 0.3) is 0 Å². The summed E-state index contributed by atoms with van der Waals surface area (Å²) in [4.78, 5) is 155. The number of carbonyl (C=O) groups is 12. The van der Waals surface area contributed by atoms with Crippen molar-refractivity contribution in [3.63, 3.8) is 0 Å². The van der Waals surface area contributed by atoms with E-state index in [4.69, 9.17) is 120 Å². The number of hydrogen-bond acceptors (Lipinski definition) is 32. The van der Waals surface area contributed by atoms with E-state index in [0.717, 1.165) is 0 Å². The number of rotatable bonds is 27. The molecule has 0 aromatic rings. The number of ether oxygens (including phenoxy) is 18. The van der Waals surface area contributed by atoms with Crippen LogP contribution < -0.4 is 16.4 Å². The fraction of sp³-hybridized carbons (Fsp3) is 0.735. The molecule has 3 aliphatic heterocycles. The van der Waals surface area contributed by atoms with Crippen LogP contribution in [0.3, 0.4) is 0 Å². The molecule has 0 radical (unpaired) electrons. The molecule has 83 heavy (non-hydrogen) atoms. The Bertz CT molecular complexity index is 2350. The monoisotopic (exact) mass is 1230 g/mol. The first-order valence-electron chi connectivity index (χ1n) is 32.1. The van der Waals surface area contributed by atoms with Crippen molar-refractivity contribution in [2.75, 3.05) is 52.7 Å². The van der Waals surface area contributed by atoms with E-state index in [1.54, 1.807) is 0 Å². The van der Waals surface area contributed by atoms with E-state index in [1.807, 2.05) is 0 Å². The van der Waals surface area contributed by atoms with E-state index in [9.17, 15) is 57.5 Å². The van der Waals surface area contributed by atoms with E-state index in [0.29, 0.717) is 0 Å². The van der Waals surface area contributed by atoms with Gasteiger partial charge < -0.3 is 102 Å². The summed E-state index contributed by atoms with van der Waals surface area (Å²) >= 11 is 5.66. The van der Waals surface area contributed by atoms with Gasteiger partial charge in [-0.3, -0.25) is 57.5 Å². The van der Waals surface area contributed by atoms with E-state index < -0.39 is 297 Å². The molecule has 3 rings (SSSR count). The minimum atomic E-state index is -2.59. The highest BCUT2D eigenvalue weighted by molar-refractivity contribution is 7.80. The summed E-state index contributed by atoms with van der Waals surface area (Å²) in [6.45, 7) is -21.0. The Kier molecular flexibility index (Phi) is 21.2. The summed E-state index contributed by atoms with van der Waals surface area (Å²) < 4.78 is 194. The lowest BCUT2D eigenvalue weighted by atomic mass is 9.97. The van der Waals surface area contributed by atoms with Crippen LogP contribution in [0.5, 0.6) is 0 Å². The minimum Gasteiger partial charge on any atom is -0.463 e. The molecule has 3 saturated heterocycles. The lowest BCUT2D eigenvalue weighted by Crippen LogP contribution is -2.67. The topological polar surface area (TPSA) is 421 Å². The second-order valence-corrected chi connectivity index (χ2v) is 17.6. The van der Waals surface area contributed by atoms with Crippen LogP contribution in [0.4, 0.5) is 0 Å². The highest BCUT2D eigenvalue weighted by Gasteiger charge is 2.57. The van der Waals surface area contributed by atoms with Gasteiger partial charge in [0.1, 0.15) is 43.7 Å². The Morgan fingerprint density at radius 2 is 0.639 bits per heavy atom. The van der Waals surface area contributed by atoms with Crippen molar-refractivity contribution >= 4 is 89.0 Å². The number of hydrogen-bond donors (Lipinski definition) is 3. The predicted molar refractivity (Wildman–Crippen MR) is 269 cm³/mol. The first kappa shape index (κ1) is 52.8. The average molecular weight is 1230 g/mol. The number of esters is 12. The van der Waals surface area contributed by atoms with Gasteiger partial charge in [-0.2, -0.15) is 0 Å². The van der Waals surface area contributed by atoms with Gasteiger partial charge >= 0.3 is 71.6 Å². The zero-order chi connectivity index (χ0) is 71.0. The van der Waals surface area contributed by atoms with Gasteiger partial charge in [-0.25, -0.2) is 0 Å². The van der Waals surface area contributed by atoms with Gasteiger partial charge in [-0.05, 0) is 12.2 Å². The largest absolute Gasteiger partial charge is 0.463 e. The second-order valence-electron chi connectivity index (χ2n) is 17.2. The van der Waals surface area contributed by atoms with E-state index in [-0.39, 0.29) is 13.1 Å². The van der Waals surface area contributed by atoms with Gasteiger partial charge in [0, 0.05) is 112 Å². The summed E-state index contributed by atoms with van der Waals surface area (Å²) in [6, 6.07) is 0. The Morgan fingerprint density at radius 3 is 0.880 bits per heavy atom. The summed E-state index contributed by atoms with van der Waals surface area (Å²) in [7, 11) is 0. The standard InChI is InChI=1S/C49H71N3O30S/c1-21(53)65-15-33-36(71-24(4)56)39(74-27(7)59)42(77-30(10)62)45(80-33)68-18-49(52-48(83)51-14-13-50,19-69-46-43(78-31(11)63)40(75-28(8)60)37(72-25(5)57)34(81-46)16-66-22(2)54)20-70-47-44(79-32(12)64)41(76-29(9)61)38(73-26(6)58)35(82-47)17-67-23(3)55/h33-47H,13-20,50H2,1-12H3,(H2,51,52,83)/t33-,34-,35-,36-,37-,38-,39+,40+,41+,42+,43+,44+,45?,46?,47?,49?/m1/s1/i1D,2D,3D,4D,5D,6D,7D,8D,9D,10D,11D,12D. The Morgan fingerprint density at radius 1 is 0.398 bits per heavy atom. The van der Waals surface area contributed by atoms with Crippen molar-refractivity contribution in [2.45, 2.75) is 180 Å². The molecule has 15 atom stereocenters. The zero-order valence-electron chi connectivity index (χ0n) is 56.0. The van der Waals surface area contributed by atoms with Gasteiger partial charge in [0.05, 0.1) is 19.8 Å². The normalized spacial score (nSPS) is 30.0. The van der Waals surface area contributed by atoms with E-state index in [1.165, 1.54) is 0 Å². The number of thiocarbonyl (C=S) groups is 1. The first-order chi connectivity index (χ1) is 45.3. The molecule has 0 aromatic carbocycles. The van der Waals surface area contributed by atoms with Crippen molar-refractivity contribution in [1.82, 2.24) is 10.6 Å². The molecule has 34 heteroatoms. The van der Waals surface area contributed by atoms with Crippen LogP contribution in [0, 0.1) is 0 Å². The summed E-state index contributed by atoms with van der Waals surface area (Å²) in [5.41, 5.74) is 3.20. The Hall–Kier alpha value is -6.95. The molecule has 3 heterocycles. The molecular weight excluding hydrogens is 1140 g/mol. The first-order valence-corrected chi connectivity index (χ1v) is 24.0. The molecule has 0 aromatic heterocycles. The molecule has 3 fully saturated rings. The third-order valence-electron chi connectivity index (χ3n) is 10.8. The average Bonchev–Trinajstić information content (AvgIpc) is 0.843. The number of carbonyl (C=O) groups excluding carboxylic acids is 12. The smallest absolute Gasteiger partial charge is 0.303 e. The van der Waals surface area contributed by atoms with E-state index >= 15 is 0 Å². The predicted octanol–water partition coefficient (Wildman–Crippen LogP) is -2.55. The van der Waals surface area contributed by atoms with Crippen LogP contribution in [0.2, 0.25) is 0 Å². The molecule has 3 unspecified atom stereocenters. The lowest BCUT2D eigenvalue weighted by Gasteiger charge is -2.47. The molecule has 0 saturated carbocycles. The maximum atomic E-state index is 13.2. The van der Waals surface area contributed by atoms with Gasteiger partial charge in [-0.15, -0.1) is 0 Å². The van der Waals surface area contributed by atoms with Crippen LogP contribution >= 0.6 is 12.2 Å². The van der Waals surface area contributed by atoms with Crippen LogP contribution in [-0.4, -0.2) is 227 Å². The molecule has 4 N–H and O–H groups in total. The highest BCUT2D eigenvalue weighted by atomic mass is 32.1. The Balaban J connectivity index is 2.59. The number of nitrogens with one attached hydrogen (secondary N) is 2. The Labute approximate surface area is 497 Å². The molecule has 0 amide bonds. The lowest BCUT2D eigenvalue weighted by molar-refractivity contribution is -0.328. The van der Waals surface area contributed by atoms with Gasteiger partial charge in [0.25, 0.3) is 0 Å². The minimum absolute atomic E-state index is 0.182. The third-order valence-corrected chi connectivity index (χ3v) is 11.0. The van der Waals surface area contributed by atoms with Gasteiger partial charge in [0.15, 0.2) is 78.9 Å². The molecule has 0 spiro atoms. The van der Waals surface area contributed by atoms with Gasteiger partial charge in [-0.1, -0.05) is 0 Å². The maximum absolute atomic E-state index is 13.2. The maximum Gasteiger partial charge on any atom is 0.303 e. The molecule has 468 valence electrons. The van der Waals surface area contributed by atoms with Crippen molar-refractivity contribution < 1.29 is 159 Å². The highest BCUT2D eigenvalue weighted by Crippen LogP contribution is 2.35. The molecule has 0 aliphatic carbocycles. The second kappa shape index (κ2) is 33.4. The fourth-order valence-corrected chi connectivity index (χ4v) is 8.28.